The number of nitrogens with zero attached hydrogens (tertiary/aromatic N) is 1. The van der Waals surface area contributed by atoms with Crippen LogP contribution < -0.4 is 0 Å². The van der Waals surface area contributed by atoms with Crippen LogP contribution in [-0.4, -0.2) is 4.57 Å². The summed E-state index contributed by atoms with van der Waals surface area (Å²) < 4.78 is 2.41. The van der Waals surface area contributed by atoms with Crippen molar-refractivity contribution in [3.05, 3.63) is 121 Å². The molecule has 0 saturated carbocycles. The van der Waals surface area contributed by atoms with Gasteiger partial charge in [-0.2, -0.15) is 0 Å². The summed E-state index contributed by atoms with van der Waals surface area (Å²) in [6.45, 7) is 0. The number of fused-ring (bicyclic) bond motifs is 5. The summed E-state index contributed by atoms with van der Waals surface area (Å²) in [5, 5.41) is 5.15. The summed E-state index contributed by atoms with van der Waals surface area (Å²) >= 11 is 0. The monoisotopic (exact) mass is 407 g/mol. The van der Waals surface area contributed by atoms with Crippen molar-refractivity contribution in [3.8, 4) is 16.8 Å². The molecule has 1 heteroatoms. The smallest absolute Gasteiger partial charge is 0.0619 e. The van der Waals surface area contributed by atoms with Crippen molar-refractivity contribution in [3.63, 3.8) is 0 Å². The molecule has 0 bridgehead atoms. The highest BCUT2D eigenvalue weighted by molar-refractivity contribution is 6.18. The van der Waals surface area contributed by atoms with Crippen molar-refractivity contribution in [2.24, 2.45) is 0 Å². The molecule has 1 aliphatic rings. The second-order valence-corrected chi connectivity index (χ2v) is 8.60. The second-order valence-electron chi connectivity index (χ2n) is 8.60. The molecular weight excluding hydrogens is 386 g/mol. The average molecular weight is 408 g/mol. The summed E-state index contributed by atoms with van der Waals surface area (Å²) in [7, 11) is 0. The van der Waals surface area contributed by atoms with Gasteiger partial charge in [0.1, 0.15) is 0 Å². The fourth-order valence-electron chi connectivity index (χ4n) is 5.00. The number of rotatable bonds is 3. The molecule has 0 spiro atoms. The third-order valence-corrected chi connectivity index (χ3v) is 6.64. The first-order chi connectivity index (χ1) is 15.9. The van der Waals surface area contributed by atoms with Crippen LogP contribution in [0.1, 0.15) is 12.0 Å². The molecule has 6 aromatic rings. The maximum atomic E-state index is 2.41. The van der Waals surface area contributed by atoms with Crippen molar-refractivity contribution in [2.75, 3.05) is 0 Å². The second kappa shape index (κ2) is 6.70. The lowest BCUT2D eigenvalue weighted by molar-refractivity contribution is 1.19. The number of benzene rings is 5. The van der Waals surface area contributed by atoms with Gasteiger partial charge in [-0.25, -0.2) is 0 Å². The quantitative estimate of drug-likeness (QED) is 0.277. The molecule has 0 radical (unpaired) electrons. The average Bonchev–Trinajstić information content (AvgIpc) is 3.66. The van der Waals surface area contributed by atoms with Gasteiger partial charge >= 0.3 is 0 Å². The van der Waals surface area contributed by atoms with E-state index in [2.05, 4.69) is 120 Å². The van der Waals surface area contributed by atoms with E-state index in [1.54, 1.807) is 0 Å². The van der Waals surface area contributed by atoms with Gasteiger partial charge in [-0.05, 0) is 64.4 Å². The Hall–Kier alpha value is -4.10. The van der Waals surface area contributed by atoms with Gasteiger partial charge in [-0.15, -0.1) is 0 Å². The Bertz CT molecular complexity index is 1680. The van der Waals surface area contributed by atoms with Gasteiger partial charge < -0.3 is 4.57 Å². The maximum Gasteiger partial charge on any atom is 0.0619 e. The van der Waals surface area contributed by atoms with Crippen LogP contribution in [0.2, 0.25) is 0 Å². The lowest BCUT2D eigenvalue weighted by Gasteiger charge is -2.11. The predicted octanol–water partition coefficient (Wildman–Crippen LogP) is 8.39. The molecule has 0 atom stereocenters. The van der Waals surface area contributed by atoms with Crippen molar-refractivity contribution < 1.29 is 0 Å². The van der Waals surface area contributed by atoms with E-state index in [1.165, 1.54) is 60.5 Å². The first-order valence-corrected chi connectivity index (χ1v) is 11.2. The van der Waals surface area contributed by atoms with Crippen LogP contribution in [0.3, 0.4) is 0 Å². The van der Waals surface area contributed by atoms with E-state index in [4.69, 9.17) is 0 Å². The Balaban J connectivity index is 1.51. The number of aromatic nitrogens is 1. The molecule has 0 fully saturated rings. The van der Waals surface area contributed by atoms with Gasteiger partial charge in [-0.3, -0.25) is 0 Å². The lowest BCUT2D eigenvalue weighted by Crippen LogP contribution is -1.94. The van der Waals surface area contributed by atoms with E-state index < -0.39 is 0 Å². The van der Waals surface area contributed by atoms with Gasteiger partial charge in [0, 0.05) is 21.8 Å². The highest BCUT2D eigenvalue weighted by atomic mass is 15.0. The van der Waals surface area contributed by atoms with Crippen molar-refractivity contribution >= 4 is 38.2 Å². The van der Waals surface area contributed by atoms with Gasteiger partial charge in [0.05, 0.1) is 11.0 Å². The Morgan fingerprint density at radius 1 is 0.531 bits per heavy atom. The highest BCUT2D eigenvalue weighted by Crippen LogP contribution is 2.38. The van der Waals surface area contributed by atoms with Crippen molar-refractivity contribution in [1.29, 1.82) is 0 Å². The van der Waals surface area contributed by atoms with E-state index in [0.29, 0.717) is 0 Å². The molecule has 1 aliphatic carbocycles. The van der Waals surface area contributed by atoms with Gasteiger partial charge in [0.15, 0.2) is 0 Å². The van der Waals surface area contributed by atoms with Crippen LogP contribution in [-0.2, 0) is 0 Å². The number of allylic oxidation sites excluding steroid dienone is 2. The van der Waals surface area contributed by atoms with E-state index in [0.717, 1.165) is 6.42 Å². The minimum atomic E-state index is 1.13. The minimum absolute atomic E-state index is 1.13. The van der Waals surface area contributed by atoms with E-state index in [9.17, 15) is 0 Å². The van der Waals surface area contributed by atoms with Crippen LogP contribution in [0.4, 0.5) is 0 Å². The molecule has 7 rings (SSSR count). The largest absolute Gasteiger partial charge is 0.309 e. The normalized spacial score (nSPS) is 13.1. The molecule has 1 aromatic heterocycles. The molecule has 32 heavy (non-hydrogen) atoms. The zero-order valence-electron chi connectivity index (χ0n) is 17.6. The van der Waals surface area contributed by atoms with Crippen LogP contribution in [0, 0.1) is 0 Å². The SMILES string of the molecule is C1=C(c2cccc(-c3ccc4c(ccc5c6ccccc6n(-c6ccccc6)c45)c3)c2)C1. The number of hydrogen-bond acceptors (Lipinski definition) is 0. The first-order valence-electron chi connectivity index (χ1n) is 11.2. The molecule has 0 unspecified atom stereocenters. The van der Waals surface area contributed by atoms with Gasteiger partial charge in [-0.1, -0.05) is 84.9 Å². The molecule has 5 aromatic carbocycles. The first kappa shape index (κ1) is 17.6. The van der Waals surface area contributed by atoms with Crippen LogP contribution in [0.5, 0.6) is 0 Å². The predicted molar refractivity (Wildman–Crippen MR) is 136 cm³/mol. The molecule has 0 aliphatic heterocycles. The van der Waals surface area contributed by atoms with Crippen molar-refractivity contribution in [1.82, 2.24) is 4.57 Å². The maximum absolute atomic E-state index is 2.41. The third-order valence-electron chi connectivity index (χ3n) is 6.64. The fraction of sp³-hybridized carbons (Fsp3) is 0.0323. The van der Waals surface area contributed by atoms with Crippen molar-refractivity contribution in [2.45, 2.75) is 6.42 Å². The molecule has 150 valence electrons. The Morgan fingerprint density at radius 3 is 2.16 bits per heavy atom. The Kier molecular flexibility index (Phi) is 3.68. The molecular formula is C31H21N. The van der Waals surface area contributed by atoms with E-state index in [1.807, 2.05) is 0 Å². The fourth-order valence-corrected chi connectivity index (χ4v) is 5.00. The highest BCUT2D eigenvalue weighted by Gasteiger charge is 2.15. The summed E-state index contributed by atoms with van der Waals surface area (Å²) in [4.78, 5) is 0. The number of hydrogen-bond donors (Lipinski definition) is 0. The molecule has 0 saturated heterocycles. The summed E-state index contributed by atoms with van der Waals surface area (Å²) in [6.07, 6.45) is 3.42. The van der Waals surface area contributed by atoms with Gasteiger partial charge in [0.25, 0.3) is 0 Å². The van der Waals surface area contributed by atoms with Crippen LogP contribution >= 0.6 is 0 Å². The molecule has 0 N–H and O–H groups in total. The molecule has 1 heterocycles. The lowest BCUT2D eigenvalue weighted by atomic mass is 9.98. The minimum Gasteiger partial charge on any atom is -0.309 e. The van der Waals surface area contributed by atoms with E-state index >= 15 is 0 Å². The molecule has 1 nitrogen and oxygen atoms in total. The zero-order chi connectivity index (χ0) is 21.1. The summed E-state index contributed by atoms with van der Waals surface area (Å²) in [6, 6.07) is 39.8. The van der Waals surface area contributed by atoms with E-state index in [-0.39, 0.29) is 0 Å². The van der Waals surface area contributed by atoms with Crippen LogP contribution in [0.15, 0.2) is 115 Å². The topological polar surface area (TPSA) is 4.93 Å². The summed E-state index contributed by atoms with van der Waals surface area (Å²) in [5.41, 5.74) is 9.07. The standard InChI is InChI=1S/C31H21N/c1-2-9-26(10-3-1)32-30-12-5-4-11-28(30)29-18-16-25-20-24(15-17-27(25)31(29)32)23-8-6-7-22(19-23)21-13-14-21/h1-13,15-20H,14H2. The van der Waals surface area contributed by atoms with Gasteiger partial charge in [0.2, 0.25) is 0 Å². The zero-order valence-corrected chi connectivity index (χ0v) is 17.6. The molecule has 0 amide bonds. The third kappa shape index (κ3) is 2.65. The Labute approximate surface area is 186 Å². The summed E-state index contributed by atoms with van der Waals surface area (Å²) in [5.74, 6) is 0. The van der Waals surface area contributed by atoms with Crippen LogP contribution in [0.25, 0.3) is 55.0 Å². The number of para-hydroxylation sites is 2. The Morgan fingerprint density at radius 2 is 1.28 bits per heavy atom.